The summed E-state index contributed by atoms with van der Waals surface area (Å²) in [6, 6.07) is 6.62. The molecule has 1 aromatic carbocycles. The molecule has 23 heavy (non-hydrogen) atoms. The molecule has 1 atom stereocenters. The quantitative estimate of drug-likeness (QED) is 0.829. The molecule has 4 heteroatoms. The summed E-state index contributed by atoms with van der Waals surface area (Å²) >= 11 is 0. The average Bonchev–Trinajstić information content (AvgIpc) is 3.24. The van der Waals surface area contributed by atoms with Crippen molar-refractivity contribution in [2.24, 2.45) is 0 Å². The summed E-state index contributed by atoms with van der Waals surface area (Å²) in [6.07, 6.45) is 5.95. The fraction of sp³-hybridized carbons (Fsp3) is 0.632. The van der Waals surface area contributed by atoms with Crippen LogP contribution in [0.4, 0.5) is 4.39 Å². The number of rotatable bonds is 5. The van der Waals surface area contributed by atoms with Crippen molar-refractivity contribution in [2.45, 2.75) is 57.0 Å². The van der Waals surface area contributed by atoms with Gasteiger partial charge < -0.3 is 9.64 Å². The third-order valence-electron chi connectivity index (χ3n) is 5.36. The van der Waals surface area contributed by atoms with E-state index < -0.39 is 5.41 Å². The van der Waals surface area contributed by atoms with Gasteiger partial charge in [0.1, 0.15) is 5.82 Å². The Bertz CT molecular complexity index is 548. The summed E-state index contributed by atoms with van der Waals surface area (Å²) in [4.78, 5) is 15.3. The van der Waals surface area contributed by atoms with Gasteiger partial charge in [0, 0.05) is 19.7 Å². The molecule has 2 aliphatic rings. The molecule has 1 unspecified atom stereocenters. The second-order valence-electron chi connectivity index (χ2n) is 6.78. The minimum atomic E-state index is -0.545. The van der Waals surface area contributed by atoms with Gasteiger partial charge in [0.2, 0.25) is 5.91 Å². The van der Waals surface area contributed by atoms with Gasteiger partial charge in [-0.05, 0) is 50.3 Å². The number of nitrogens with zero attached hydrogens (tertiary/aromatic N) is 1. The first-order chi connectivity index (χ1) is 11.2. The minimum Gasteiger partial charge on any atom is -0.376 e. The second kappa shape index (κ2) is 7.00. The van der Waals surface area contributed by atoms with Crippen LogP contribution in [0.25, 0.3) is 0 Å². The molecule has 1 aliphatic heterocycles. The summed E-state index contributed by atoms with van der Waals surface area (Å²) in [7, 11) is 0. The van der Waals surface area contributed by atoms with Gasteiger partial charge in [-0.1, -0.05) is 25.0 Å². The lowest BCUT2D eigenvalue weighted by Gasteiger charge is -2.35. The molecule has 1 aliphatic carbocycles. The van der Waals surface area contributed by atoms with Crippen LogP contribution in [0.3, 0.4) is 0 Å². The highest BCUT2D eigenvalue weighted by molar-refractivity contribution is 5.88. The highest BCUT2D eigenvalue weighted by atomic mass is 19.1. The number of benzene rings is 1. The first-order valence-corrected chi connectivity index (χ1v) is 8.83. The fourth-order valence-electron chi connectivity index (χ4n) is 4.08. The molecule has 2 fully saturated rings. The number of amides is 1. The molecule has 1 amide bonds. The van der Waals surface area contributed by atoms with Gasteiger partial charge in [-0.25, -0.2) is 4.39 Å². The first-order valence-electron chi connectivity index (χ1n) is 8.83. The van der Waals surface area contributed by atoms with Crippen LogP contribution in [-0.4, -0.2) is 36.6 Å². The predicted octanol–water partition coefficient (Wildman–Crippen LogP) is 3.67. The molecular weight excluding hydrogens is 293 g/mol. The van der Waals surface area contributed by atoms with E-state index in [0.717, 1.165) is 50.7 Å². The number of hydrogen-bond donors (Lipinski definition) is 0. The number of hydrogen-bond acceptors (Lipinski definition) is 2. The Labute approximate surface area is 137 Å². The maximum Gasteiger partial charge on any atom is 0.233 e. The predicted molar refractivity (Wildman–Crippen MR) is 87.8 cm³/mol. The highest BCUT2D eigenvalue weighted by Crippen LogP contribution is 2.43. The zero-order valence-electron chi connectivity index (χ0n) is 13.9. The Morgan fingerprint density at radius 1 is 1.35 bits per heavy atom. The summed E-state index contributed by atoms with van der Waals surface area (Å²) in [5, 5.41) is 0. The molecule has 0 N–H and O–H groups in total. The largest absolute Gasteiger partial charge is 0.376 e. The Morgan fingerprint density at radius 3 is 2.74 bits per heavy atom. The van der Waals surface area contributed by atoms with Crippen LogP contribution in [0.2, 0.25) is 0 Å². The molecule has 3 nitrogen and oxygen atoms in total. The zero-order chi connectivity index (χ0) is 16.3. The molecule has 0 radical (unpaired) electrons. The lowest BCUT2D eigenvalue weighted by Crippen LogP contribution is -2.48. The SMILES string of the molecule is CCN(CC1CCCO1)C(=O)C1(c2cccc(F)c2)CCCC1. The minimum absolute atomic E-state index is 0.151. The monoisotopic (exact) mass is 319 g/mol. The van der Waals surface area contributed by atoms with Crippen LogP contribution in [0.15, 0.2) is 24.3 Å². The highest BCUT2D eigenvalue weighted by Gasteiger charge is 2.45. The van der Waals surface area contributed by atoms with Crippen LogP contribution in [0.1, 0.15) is 51.0 Å². The van der Waals surface area contributed by atoms with Gasteiger partial charge in [-0.2, -0.15) is 0 Å². The van der Waals surface area contributed by atoms with E-state index in [-0.39, 0.29) is 17.8 Å². The van der Waals surface area contributed by atoms with Crippen LogP contribution in [-0.2, 0) is 14.9 Å². The Hall–Kier alpha value is -1.42. The molecule has 1 saturated heterocycles. The van der Waals surface area contributed by atoms with Gasteiger partial charge in [0.15, 0.2) is 0 Å². The van der Waals surface area contributed by atoms with Crippen molar-refractivity contribution in [2.75, 3.05) is 19.7 Å². The number of ether oxygens (including phenoxy) is 1. The summed E-state index contributed by atoms with van der Waals surface area (Å²) in [6.45, 7) is 4.15. The molecule has 126 valence electrons. The third kappa shape index (κ3) is 3.27. The lowest BCUT2D eigenvalue weighted by molar-refractivity contribution is -0.138. The van der Waals surface area contributed by atoms with Crippen molar-refractivity contribution in [1.82, 2.24) is 4.90 Å². The second-order valence-corrected chi connectivity index (χ2v) is 6.78. The van der Waals surface area contributed by atoms with E-state index in [2.05, 4.69) is 0 Å². The molecule has 1 aromatic rings. The fourth-order valence-corrected chi connectivity index (χ4v) is 4.08. The van der Waals surface area contributed by atoms with Crippen molar-refractivity contribution in [1.29, 1.82) is 0 Å². The summed E-state index contributed by atoms with van der Waals surface area (Å²) in [5.41, 5.74) is 0.294. The molecule has 1 saturated carbocycles. The van der Waals surface area contributed by atoms with E-state index in [1.54, 1.807) is 12.1 Å². The lowest BCUT2D eigenvalue weighted by atomic mass is 9.77. The van der Waals surface area contributed by atoms with E-state index in [1.165, 1.54) is 6.07 Å². The van der Waals surface area contributed by atoms with E-state index in [1.807, 2.05) is 17.9 Å². The zero-order valence-corrected chi connectivity index (χ0v) is 13.9. The van der Waals surface area contributed by atoms with E-state index in [0.29, 0.717) is 13.1 Å². The van der Waals surface area contributed by atoms with Gasteiger partial charge in [-0.3, -0.25) is 4.79 Å². The van der Waals surface area contributed by atoms with Crippen LogP contribution < -0.4 is 0 Å². The van der Waals surface area contributed by atoms with E-state index in [9.17, 15) is 9.18 Å². The van der Waals surface area contributed by atoms with E-state index >= 15 is 0 Å². The number of carbonyl (C=O) groups excluding carboxylic acids is 1. The van der Waals surface area contributed by atoms with Crippen LogP contribution in [0, 0.1) is 5.82 Å². The van der Waals surface area contributed by atoms with Gasteiger partial charge in [0.25, 0.3) is 0 Å². The molecular formula is C19H26FNO2. The number of likely N-dealkylation sites (N-methyl/N-ethyl adjacent to an activating group) is 1. The maximum absolute atomic E-state index is 13.7. The summed E-state index contributed by atoms with van der Waals surface area (Å²) in [5.74, 6) is -0.109. The Kier molecular flexibility index (Phi) is 5.00. The van der Waals surface area contributed by atoms with Crippen molar-refractivity contribution in [3.8, 4) is 0 Å². The van der Waals surface area contributed by atoms with Gasteiger partial charge >= 0.3 is 0 Å². The maximum atomic E-state index is 13.7. The van der Waals surface area contributed by atoms with Crippen molar-refractivity contribution in [3.05, 3.63) is 35.6 Å². The topological polar surface area (TPSA) is 29.5 Å². The smallest absolute Gasteiger partial charge is 0.233 e. The van der Waals surface area contributed by atoms with Crippen LogP contribution in [0.5, 0.6) is 0 Å². The van der Waals surface area contributed by atoms with Crippen molar-refractivity contribution < 1.29 is 13.9 Å². The van der Waals surface area contributed by atoms with Crippen molar-refractivity contribution >= 4 is 5.91 Å². The molecule has 1 heterocycles. The molecule has 0 bridgehead atoms. The average molecular weight is 319 g/mol. The third-order valence-corrected chi connectivity index (χ3v) is 5.36. The number of halogens is 1. The molecule has 0 spiro atoms. The number of carbonyl (C=O) groups is 1. The van der Waals surface area contributed by atoms with Crippen LogP contribution >= 0.6 is 0 Å². The Balaban J connectivity index is 1.85. The standard InChI is InChI=1S/C19H26FNO2/c1-2-21(14-17-9-6-12-23-17)18(22)19(10-3-4-11-19)15-7-5-8-16(20)13-15/h5,7-8,13,17H,2-4,6,9-12,14H2,1H3. The normalized spacial score (nSPS) is 23.1. The molecule has 0 aromatic heterocycles. The molecule has 3 rings (SSSR count). The first kappa shape index (κ1) is 16.4. The van der Waals surface area contributed by atoms with Crippen molar-refractivity contribution in [3.63, 3.8) is 0 Å². The van der Waals surface area contributed by atoms with Gasteiger partial charge in [0.05, 0.1) is 11.5 Å². The Morgan fingerprint density at radius 2 is 2.13 bits per heavy atom. The van der Waals surface area contributed by atoms with Gasteiger partial charge in [-0.15, -0.1) is 0 Å². The summed E-state index contributed by atoms with van der Waals surface area (Å²) < 4.78 is 19.4. The van der Waals surface area contributed by atoms with E-state index in [4.69, 9.17) is 4.74 Å².